The van der Waals surface area contributed by atoms with Gasteiger partial charge in [-0.3, -0.25) is 0 Å². The number of hydrogen-bond acceptors (Lipinski definition) is 8. The van der Waals surface area contributed by atoms with E-state index in [0.29, 0.717) is 36.1 Å². The van der Waals surface area contributed by atoms with Crippen molar-refractivity contribution in [2.24, 2.45) is 7.05 Å². The van der Waals surface area contributed by atoms with Crippen LogP contribution in [0.2, 0.25) is 0 Å². The van der Waals surface area contributed by atoms with E-state index in [1.54, 1.807) is 19.4 Å². The highest BCUT2D eigenvalue weighted by Gasteiger charge is 2.19. The first-order valence-corrected chi connectivity index (χ1v) is 9.92. The van der Waals surface area contributed by atoms with Crippen molar-refractivity contribution in [3.05, 3.63) is 42.2 Å². The molecule has 0 aliphatic heterocycles. The first-order valence-electron chi connectivity index (χ1n) is 9.92. The van der Waals surface area contributed by atoms with Gasteiger partial charge in [0, 0.05) is 19.3 Å². The zero-order valence-electron chi connectivity index (χ0n) is 18.0. The molecule has 3 heterocycles. The molecule has 3 N–H and O–H groups in total. The van der Waals surface area contributed by atoms with Crippen LogP contribution >= 0.6 is 0 Å². The maximum atomic E-state index is 8.31. The third kappa shape index (κ3) is 4.73. The number of hydrogen-bond donors (Lipinski definition) is 3. The predicted octanol–water partition coefficient (Wildman–Crippen LogP) is 3.49. The monoisotopic (exact) mass is 408 g/mol. The van der Waals surface area contributed by atoms with Crippen LogP contribution in [0.5, 0.6) is 5.88 Å². The van der Waals surface area contributed by atoms with E-state index >= 15 is 0 Å². The van der Waals surface area contributed by atoms with E-state index in [1.165, 1.54) is 0 Å². The Morgan fingerprint density at radius 1 is 1.33 bits per heavy atom. The number of ether oxygens (including phenoxy) is 1. The molecule has 0 aliphatic rings. The van der Waals surface area contributed by atoms with Crippen LogP contribution in [-0.4, -0.2) is 43.1 Å². The van der Waals surface area contributed by atoms with E-state index in [0.717, 1.165) is 22.8 Å². The SMILES string of the molecule is CCOc1ncccc1-c1cc(NCc2nncn2C)c(NC(C)C)c(C(C)=N)n1. The van der Waals surface area contributed by atoms with Crippen molar-refractivity contribution in [3.63, 3.8) is 0 Å². The first kappa shape index (κ1) is 21.2. The Morgan fingerprint density at radius 3 is 2.77 bits per heavy atom. The van der Waals surface area contributed by atoms with Crippen LogP contribution in [0.15, 0.2) is 30.7 Å². The van der Waals surface area contributed by atoms with Gasteiger partial charge in [0.2, 0.25) is 5.88 Å². The Morgan fingerprint density at radius 2 is 2.13 bits per heavy atom. The molecule has 9 heteroatoms. The lowest BCUT2D eigenvalue weighted by Crippen LogP contribution is -2.17. The average molecular weight is 409 g/mol. The Bertz CT molecular complexity index is 1030. The second-order valence-corrected chi connectivity index (χ2v) is 7.20. The third-order valence-electron chi connectivity index (χ3n) is 4.38. The molecule has 3 aromatic heterocycles. The molecule has 0 radical (unpaired) electrons. The molecule has 3 aromatic rings. The molecule has 0 saturated heterocycles. The number of rotatable bonds is 9. The summed E-state index contributed by atoms with van der Waals surface area (Å²) in [5.41, 5.74) is 4.01. The van der Waals surface area contributed by atoms with Gasteiger partial charge in [0.15, 0.2) is 5.82 Å². The van der Waals surface area contributed by atoms with Gasteiger partial charge in [0.05, 0.1) is 41.5 Å². The number of pyridine rings is 2. The van der Waals surface area contributed by atoms with Crippen LogP contribution in [0.3, 0.4) is 0 Å². The highest BCUT2D eigenvalue weighted by atomic mass is 16.5. The van der Waals surface area contributed by atoms with Crippen molar-refractivity contribution in [2.75, 3.05) is 17.2 Å². The number of anilines is 2. The third-order valence-corrected chi connectivity index (χ3v) is 4.38. The highest BCUT2D eigenvalue weighted by molar-refractivity contribution is 6.03. The molecule has 0 saturated carbocycles. The summed E-state index contributed by atoms with van der Waals surface area (Å²) in [5.74, 6) is 1.32. The summed E-state index contributed by atoms with van der Waals surface area (Å²) in [4.78, 5) is 9.13. The normalized spacial score (nSPS) is 10.9. The minimum absolute atomic E-state index is 0.170. The number of nitrogens with zero attached hydrogens (tertiary/aromatic N) is 5. The van der Waals surface area contributed by atoms with Crippen molar-refractivity contribution in [2.45, 2.75) is 40.3 Å². The van der Waals surface area contributed by atoms with E-state index in [2.05, 4.69) is 39.7 Å². The number of aromatic nitrogens is 5. The van der Waals surface area contributed by atoms with Gasteiger partial charge in [-0.1, -0.05) is 0 Å². The Hall–Kier alpha value is -3.49. The molecule has 9 nitrogen and oxygen atoms in total. The molecule has 0 aliphatic carbocycles. The maximum Gasteiger partial charge on any atom is 0.222 e. The molecular formula is C21H28N8O. The summed E-state index contributed by atoms with van der Waals surface area (Å²) in [7, 11) is 1.90. The number of nitrogens with one attached hydrogen (secondary N) is 3. The van der Waals surface area contributed by atoms with E-state index in [1.807, 2.05) is 36.7 Å². The summed E-state index contributed by atoms with van der Waals surface area (Å²) in [6.07, 6.45) is 3.36. The van der Waals surface area contributed by atoms with Crippen molar-refractivity contribution >= 4 is 17.1 Å². The number of aryl methyl sites for hydroxylation is 1. The predicted molar refractivity (Wildman–Crippen MR) is 118 cm³/mol. The van der Waals surface area contributed by atoms with Crippen molar-refractivity contribution in [1.82, 2.24) is 24.7 Å². The largest absolute Gasteiger partial charge is 0.477 e. The molecule has 30 heavy (non-hydrogen) atoms. The molecule has 0 fully saturated rings. The van der Waals surface area contributed by atoms with Gasteiger partial charge in [0.1, 0.15) is 12.0 Å². The van der Waals surface area contributed by atoms with Crippen LogP contribution in [0.25, 0.3) is 11.3 Å². The van der Waals surface area contributed by atoms with Crippen molar-refractivity contribution in [3.8, 4) is 17.1 Å². The zero-order chi connectivity index (χ0) is 21.7. The van der Waals surface area contributed by atoms with Gasteiger partial charge in [-0.25, -0.2) is 9.97 Å². The lowest BCUT2D eigenvalue weighted by atomic mass is 10.1. The lowest BCUT2D eigenvalue weighted by molar-refractivity contribution is 0.328. The van der Waals surface area contributed by atoms with Gasteiger partial charge in [0.25, 0.3) is 0 Å². The fourth-order valence-electron chi connectivity index (χ4n) is 3.01. The van der Waals surface area contributed by atoms with Gasteiger partial charge in [-0.2, -0.15) is 0 Å². The van der Waals surface area contributed by atoms with Gasteiger partial charge in [-0.15, -0.1) is 10.2 Å². The van der Waals surface area contributed by atoms with E-state index in [4.69, 9.17) is 15.1 Å². The second kappa shape index (κ2) is 9.34. The van der Waals surface area contributed by atoms with Gasteiger partial charge < -0.3 is 25.3 Å². The first-order chi connectivity index (χ1) is 14.4. The molecule has 0 atom stereocenters. The topological polar surface area (TPSA) is 114 Å². The summed E-state index contributed by atoms with van der Waals surface area (Å²) < 4.78 is 7.56. The molecule has 0 spiro atoms. The molecule has 0 amide bonds. The molecular weight excluding hydrogens is 380 g/mol. The lowest BCUT2D eigenvalue weighted by Gasteiger charge is -2.21. The van der Waals surface area contributed by atoms with Crippen LogP contribution in [-0.2, 0) is 13.6 Å². The summed E-state index contributed by atoms with van der Waals surface area (Å²) in [6, 6.07) is 5.89. The van der Waals surface area contributed by atoms with Gasteiger partial charge in [-0.05, 0) is 45.9 Å². The van der Waals surface area contributed by atoms with Crippen molar-refractivity contribution < 1.29 is 4.74 Å². The second-order valence-electron chi connectivity index (χ2n) is 7.20. The summed E-state index contributed by atoms with van der Waals surface area (Å²) >= 11 is 0. The quantitative estimate of drug-likeness (QED) is 0.464. The van der Waals surface area contributed by atoms with Crippen LogP contribution < -0.4 is 15.4 Å². The van der Waals surface area contributed by atoms with E-state index in [9.17, 15) is 0 Å². The highest BCUT2D eigenvalue weighted by Crippen LogP contribution is 2.34. The molecule has 0 unspecified atom stereocenters. The minimum Gasteiger partial charge on any atom is -0.477 e. The van der Waals surface area contributed by atoms with Crippen LogP contribution in [0.1, 0.15) is 39.2 Å². The van der Waals surface area contributed by atoms with E-state index in [-0.39, 0.29) is 6.04 Å². The van der Waals surface area contributed by atoms with Gasteiger partial charge >= 0.3 is 0 Å². The maximum absolute atomic E-state index is 8.31. The summed E-state index contributed by atoms with van der Waals surface area (Å²) in [5, 5.41) is 23.3. The standard InChI is InChI=1S/C21H28N8O/c1-6-30-21-15(8-7-9-23-21)16-10-17(24-11-18-28-25-12-29(18)5)20(26-13(2)3)19(27-16)14(4)22/h7-10,12-13,22,26H,6,11H2,1-5H3,(H,24,27). The molecule has 158 valence electrons. The Balaban J connectivity index is 2.12. The Labute approximate surface area is 176 Å². The fourth-order valence-corrected chi connectivity index (χ4v) is 3.01. The molecule has 3 rings (SSSR count). The summed E-state index contributed by atoms with van der Waals surface area (Å²) in [6.45, 7) is 8.74. The minimum atomic E-state index is 0.170. The van der Waals surface area contributed by atoms with Crippen LogP contribution in [0.4, 0.5) is 11.4 Å². The smallest absolute Gasteiger partial charge is 0.222 e. The van der Waals surface area contributed by atoms with E-state index < -0.39 is 0 Å². The van der Waals surface area contributed by atoms with Crippen molar-refractivity contribution in [1.29, 1.82) is 5.41 Å². The van der Waals surface area contributed by atoms with Crippen LogP contribution in [0, 0.1) is 5.41 Å². The fraction of sp³-hybridized carbons (Fsp3) is 0.381. The molecule has 0 bridgehead atoms. The Kier molecular flexibility index (Phi) is 6.61. The zero-order valence-corrected chi connectivity index (χ0v) is 18.0. The molecule has 0 aromatic carbocycles. The average Bonchev–Trinajstić information content (AvgIpc) is 3.12.